The summed E-state index contributed by atoms with van der Waals surface area (Å²) >= 11 is 0. The van der Waals surface area contributed by atoms with Crippen LogP contribution in [-0.4, -0.2) is 42.9 Å². The van der Waals surface area contributed by atoms with Crippen molar-refractivity contribution in [3.63, 3.8) is 0 Å². The molecule has 164 valence electrons. The number of hydrazine groups is 1. The third-order valence-electron chi connectivity index (χ3n) is 5.28. The zero-order valence-electron chi connectivity index (χ0n) is 17.2. The van der Waals surface area contributed by atoms with Gasteiger partial charge in [0.15, 0.2) is 0 Å². The number of anilines is 1. The first-order chi connectivity index (χ1) is 13.5. The molecular formula is C22H30Cl2N4O2. The molecule has 1 heterocycles. The molecule has 3 rings (SSSR count). The van der Waals surface area contributed by atoms with E-state index in [0.29, 0.717) is 6.42 Å². The first-order valence-electron chi connectivity index (χ1n) is 9.72. The van der Waals surface area contributed by atoms with Crippen molar-refractivity contribution in [1.82, 2.24) is 10.3 Å². The van der Waals surface area contributed by atoms with Crippen LogP contribution in [0.4, 0.5) is 5.69 Å². The summed E-state index contributed by atoms with van der Waals surface area (Å²) in [5, 5.41) is 0. The molecule has 3 N–H and O–H groups in total. The van der Waals surface area contributed by atoms with Crippen LogP contribution >= 0.6 is 24.8 Å². The highest BCUT2D eigenvalue weighted by Crippen LogP contribution is 2.18. The van der Waals surface area contributed by atoms with E-state index in [2.05, 4.69) is 46.7 Å². The molecule has 2 aromatic rings. The fourth-order valence-electron chi connectivity index (χ4n) is 3.50. The van der Waals surface area contributed by atoms with Crippen molar-refractivity contribution in [1.29, 1.82) is 0 Å². The smallest absolute Gasteiger partial charge is 0.238 e. The zero-order valence-corrected chi connectivity index (χ0v) is 18.8. The van der Waals surface area contributed by atoms with Crippen molar-refractivity contribution in [3.05, 3.63) is 65.2 Å². The Balaban J connectivity index is 0.00000225. The van der Waals surface area contributed by atoms with E-state index in [1.165, 1.54) is 16.8 Å². The summed E-state index contributed by atoms with van der Waals surface area (Å²) in [5.41, 5.74) is 6.88. The van der Waals surface area contributed by atoms with Crippen LogP contribution in [0.5, 0.6) is 0 Å². The highest BCUT2D eigenvalue weighted by molar-refractivity contribution is 5.85. The van der Waals surface area contributed by atoms with Crippen molar-refractivity contribution < 1.29 is 9.59 Å². The van der Waals surface area contributed by atoms with Crippen LogP contribution < -0.4 is 16.2 Å². The van der Waals surface area contributed by atoms with Crippen LogP contribution in [0.15, 0.2) is 48.5 Å². The van der Waals surface area contributed by atoms with Crippen LogP contribution in [-0.2, 0) is 28.9 Å². The second-order valence-corrected chi connectivity index (χ2v) is 7.22. The lowest BCUT2D eigenvalue weighted by Crippen LogP contribution is -2.48. The number of rotatable bonds is 6. The number of nitrogens with two attached hydrogens (primary N) is 1. The Morgan fingerprint density at radius 2 is 1.30 bits per heavy atom. The van der Waals surface area contributed by atoms with Crippen LogP contribution in [0.25, 0.3) is 0 Å². The second kappa shape index (κ2) is 12.4. The standard InChI is InChI=1S/C22H28N4O2.2ClH/c1-17(27)25-12-14-26(15-13-25)21-10-8-19(9-11-21)3-2-18-4-6-20(7-5-18)16-22(28)24-23;;/h4-11H,2-3,12-16,23H2,1H3,(H,24,28);2*1H. The van der Waals surface area contributed by atoms with Gasteiger partial charge in [-0.15, -0.1) is 24.8 Å². The lowest BCUT2D eigenvalue weighted by atomic mass is 10.0. The summed E-state index contributed by atoms with van der Waals surface area (Å²) in [6.45, 7) is 4.98. The molecule has 0 bridgehead atoms. The maximum Gasteiger partial charge on any atom is 0.238 e. The quantitative estimate of drug-likeness (QED) is 0.400. The monoisotopic (exact) mass is 452 g/mol. The SMILES string of the molecule is CC(=O)N1CCN(c2ccc(CCc3ccc(CC(=O)NN)cc3)cc2)CC1.Cl.Cl. The van der Waals surface area contributed by atoms with Crippen molar-refractivity contribution in [2.24, 2.45) is 5.84 Å². The Hall–Kier alpha value is -2.28. The molecule has 0 atom stereocenters. The molecule has 8 heteroatoms. The molecular weight excluding hydrogens is 423 g/mol. The molecule has 0 radical (unpaired) electrons. The molecule has 0 aromatic heterocycles. The number of carbonyl (C=O) groups is 2. The van der Waals surface area contributed by atoms with Crippen molar-refractivity contribution >= 4 is 42.3 Å². The van der Waals surface area contributed by atoms with Gasteiger partial charge < -0.3 is 9.80 Å². The number of piperazine rings is 1. The van der Waals surface area contributed by atoms with Gasteiger partial charge in [-0.05, 0) is 41.7 Å². The Labute approximate surface area is 190 Å². The first kappa shape index (κ1) is 25.8. The minimum absolute atomic E-state index is 0. The van der Waals surface area contributed by atoms with Crippen molar-refractivity contribution in [2.75, 3.05) is 31.1 Å². The number of hydrogen-bond acceptors (Lipinski definition) is 4. The topological polar surface area (TPSA) is 78.7 Å². The van der Waals surface area contributed by atoms with E-state index in [1.54, 1.807) is 6.92 Å². The van der Waals surface area contributed by atoms with Gasteiger partial charge in [-0.3, -0.25) is 15.0 Å². The average molecular weight is 453 g/mol. The van der Waals surface area contributed by atoms with E-state index in [4.69, 9.17) is 5.84 Å². The van der Waals surface area contributed by atoms with Gasteiger partial charge >= 0.3 is 0 Å². The van der Waals surface area contributed by atoms with E-state index in [1.807, 2.05) is 17.0 Å². The van der Waals surface area contributed by atoms with E-state index >= 15 is 0 Å². The highest BCUT2D eigenvalue weighted by Gasteiger charge is 2.18. The maximum atomic E-state index is 11.4. The summed E-state index contributed by atoms with van der Waals surface area (Å²) in [7, 11) is 0. The average Bonchev–Trinajstić information content (AvgIpc) is 2.73. The molecule has 0 saturated carbocycles. The highest BCUT2D eigenvalue weighted by atomic mass is 35.5. The van der Waals surface area contributed by atoms with Crippen LogP contribution in [0, 0.1) is 0 Å². The Morgan fingerprint density at radius 3 is 1.77 bits per heavy atom. The molecule has 6 nitrogen and oxygen atoms in total. The molecule has 0 spiro atoms. The molecule has 1 aliphatic heterocycles. The third-order valence-corrected chi connectivity index (χ3v) is 5.28. The van der Waals surface area contributed by atoms with Gasteiger partial charge in [0.05, 0.1) is 6.42 Å². The number of carbonyl (C=O) groups excluding carboxylic acids is 2. The predicted octanol–water partition coefficient (Wildman–Crippen LogP) is 2.52. The van der Waals surface area contributed by atoms with E-state index in [0.717, 1.165) is 44.6 Å². The molecule has 0 aliphatic carbocycles. The summed E-state index contributed by atoms with van der Waals surface area (Å²) in [4.78, 5) is 27.0. The number of amides is 2. The molecule has 2 amide bonds. The number of nitrogens with zero attached hydrogens (tertiary/aromatic N) is 2. The van der Waals surface area contributed by atoms with Gasteiger partial charge in [0, 0.05) is 38.8 Å². The van der Waals surface area contributed by atoms with Gasteiger partial charge in [0.2, 0.25) is 11.8 Å². The van der Waals surface area contributed by atoms with Crippen LogP contribution in [0.2, 0.25) is 0 Å². The summed E-state index contributed by atoms with van der Waals surface area (Å²) in [5.74, 6) is 5.09. The lowest BCUT2D eigenvalue weighted by Gasteiger charge is -2.35. The Bertz CT molecular complexity index is 805. The Kier molecular flexibility index (Phi) is 10.7. The van der Waals surface area contributed by atoms with Gasteiger partial charge in [-0.25, -0.2) is 5.84 Å². The molecule has 1 saturated heterocycles. The van der Waals surface area contributed by atoms with E-state index in [-0.39, 0.29) is 36.6 Å². The number of benzene rings is 2. The fraction of sp³-hybridized carbons (Fsp3) is 0.364. The molecule has 1 aliphatic rings. The second-order valence-electron chi connectivity index (χ2n) is 7.22. The largest absolute Gasteiger partial charge is 0.368 e. The van der Waals surface area contributed by atoms with Crippen molar-refractivity contribution in [2.45, 2.75) is 26.2 Å². The van der Waals surface area contributed by atoms with Crippen LogP contribution in [0.3, 0.4) is 0 Å². The lowest BCUT2D eigenvalue weighted by molar-refractivity contribution is -0.129. The van der Waals surface area contributed by atoms with Gasteiger partial charge in [-0.2, -0.15) is 0 Å². The predicted molar refractivity (Wildman–Crippen MR) is 125 cm³/mol. The summed E-state index contributed by atoms with van der Waals surface area (Å²) < 4.78 is 0. The number of hydrogen-bond donors (Lipinski definition) is 2. The minimum Gasteiger partial charge on any atom is -0.368 e. The third kappa shape index (κ3) is 7.20. The number of nitrogens with one attached hydrogen (secondary N) is 1. The molecule has 0 unspecified atom stereocenters. The van der Waals surface area contributed by atoms with E-state index in [9.17, 15) is 9.59 Å². The summed E-state index contributed by atoms with van der Waals surface area (Å²) in [6, 6.07) is 16.8. The fourth-order valence-corrected chi connectivity index (χ4v) is 3.50. The molecule has 30 heavy (non-hydrogen) atoms. The zero-order chi connectivity index (χ0) is 19.9. The Morgan fingerprint density at radius 1 is 0.833 bits per heavy atom. The van der Waals surface area contributed by atoms with Crippen LogP contribution in [0.1, 0.15) is 23.6 Å². The summed E-state index contributed by atoms with van der Waals surface area (Å²) in [6.07, 6.45) is 2.24. The minimum atomic E-state index is -0.185. The molecule has 2 aromatic carbocycles. The number of halogens is 2. The maximum absolute atomic E-state index is 11.4. The normalized spacial score (nSPS) is 13.1. The van der Waals surface area contributed by atoms with Gasteiger partial charge in [-0.1, -0.05) is 36.4 Å². The molecule has 1 fully saturated rings. The van der Waals surface area contributed by atoms with Gasteiger partial charge in [0.25, 0.3) is 0 Å². The first-order valence-corrected chi connectivity index (χ1v) is 9.72. The van der Waals surface area contributed by atoms with Gasteiger partial charge in [0.1, 0.15) is 0 Å². The van der Waals surface area contributed by atoms with Crippen molar-refractivity contribution in [3.8, 4) is 0 Å². The van der Waals surface area contributed by atoms with E-state index < -0.39 is 0 Å². The number of aryl methyl sites for hydroxylation is 2.